The van der Waals surface area contributed by atoms with Crippen LogP contribution < -0.4 is 0 Å². The average molecular weight is 257 g/mol. The van der Waals surface area contributed by atoms with Crippen LogP contribution in [0.5, 0.6) is 0 Å². The van der Waals surface area contributed by atoms with Crippen molar-refractivity contribution in [3.8, 4) is 11.8 Å². The molecule has 0 spiro atoms. The van der Waals surface area contributed by atoms with E-state index in [0.717, 1.165) is 24.9 Å². The van der Waals surface area contributed by atoms with Crippen molar-refractivity contribution in [2.75, 3.05) is 13.2 Å². The number of piperidine rings is 1. The Hall–Kier alpha value is -1.79. The summed E-state index contributed by atoms with van der Waals surface area (Å²) in [5.74, 6) is 5.52. The zero-order chi connectivity index (χ0) is 13.7. The lowest BCUT2D eigenvalue weighted by Gasteiger charge is -2.33. The van der Waals surface area contributed by atoms with Gasteiger partial charge in [-0.15, -0.1) is 0 Å². The van der Waals surface area contributed by atoms with Crippen molar-refractivity contribution < 1.29 is 9.90 Å². The molecule has 1 aromatic rings. The monoisotopic (exact) mass is 257 g/mol. The first-order chi connectivity index (χ1) is 9.22. The van der Waals surface area contributed by atoms with Gasteiger partial charge >= 0.3 is 0 Å². The molecule has 0 saturated carbocycles. The number of likely N-dealkylation sites (tertiary alicyclic amines) is 1. The van der Waals surface area contributed by atoms with Gasteiger partial charge in [-0.3, -0.25) is 4.79 Å². The van der Waals surface area contributed by atoms with Crippen LogP contribution in [0.1, 0.15) is 42.1 Å². The molecule has 1 aromatic carbocycles. The molecule has 1 fully saturated rings. The molecular weight excluding hydrogens is 238 g/mol. The molecule has 0 bridgehead atoms. The third kappa shape index (κ3) is 3.36. The van der Waals surface area contributed by atoms with Gasteiger partial charge in [-0.2, -0.15) is 0 Å². The van der Waals surface area contributed by atoms with Gasteiger partial charge < -0.3 is 10.0 Å². The minimum atomic E-state index is -0.147. The van der Waals surface area contributed by atoms with E-state index in [1.54, 1.807) is 0 Å². The molecule has 100 valence electrons. The van der Waals surface area contributed by atoms with Gasteiger partial charge in [-0.05, 0) is 50.5 Å². The number of amides is 1. The molecule has 1 saturated heterocycles. The third-order valence-corrected chi connectivity index (χ3v) is 3.51. The Labute approximate surface area is 114 Å². The Morgan fingerprint density at radius 3 is 2.74 bits per heavy atom. The van der Waals surface area contributed by atoms with Crippen molar-refractivity contribution in [3.05, 3.63) is 35.4 Å². The van der Waals surface area contributed by atoms with E-state index in [2.05, 4.69) is 18.8 Å². The van der Waals surface area contributed by atoms with Crippen LogP contribution in [-0.4, -0.2) is 35.1 Å². The molecule has 0 radical (unpaired) electrons. The Morgan fingerprint density at radius 1 is 1.37 bits per heavy atom. The molecule has 3 heteroatoms. The predicted octanol–water partition coefficient (Wildman–Crippen LogP) is 2.04. The lowest BCUT2D eigenvalue weighted by Crippen LogP contribution is -2.41. The first kappa shape index (κ1) is 13.6. The van der Waals surface area contributed by atoms with Crippen molar-refractivity contribution in [1.82, 2.24) is 4.90 Å². The van der Waals surface area contributed by atoms with Gasteiger partial charge in [0, 0.05) is 23.7 Å². The standard InChI is InChI=1S/C16H19NO2/c1-13-5-2-3-11-17(13)16(19)15-9-7-14(8-10-15)6-4-12-18/h7-10,13,18H,2-3,5,11-12H2,1H3. The molecule has 1 amide bonds. The zero-order valence-electron chi connectivity index (χ0n) is 11.2. The maximum atomic E-state index is 12.4. The zero-order valence-corrected chi connectivity index (χ0v) is 11.2. The second-order valence-electron chi connectivity index (χ2n) is 4.88. The molecule has 1 atom stereocenters. The number of carbonyl (C=O) groups excluding carboxylic acids is 1. The maximum absolute atomic E-state index is 12.4. The molecular formula is C16H19NO2. The molecule has 1 N–H and O–H groups in total. The number of benzene rings is 1. The highest BCUT2D eigenvalue weighted by Crippen LogP contribution is 2.19. The number of hydrogen-bond donors (Lipinski definition) is 1. The Bertz CT molecular complexity index is 496. The fourth-order valence-electron chi connectivity index (χ4n) is 2.40. The van der Waals surface area contributed by atoms with Crippen LogP contribution >= 0.6 is 0 Å². The molecule has 0 aliphatic carbocycles. The van der Waals surface area contributed by atoms with E-state index < -0.39 is 0 Å². The fraction of sp³-hybridized carbons (Fsp3) is 0.438. The highest BCUT2D eigenvalue weighted by Gasteiger charge is 2.23. The number of rotatable bonds is 1. The van der Waals surface area contributed by atoms with Gasteiger partial charge in [0.15, 0.2) is 0 Å². The number of nitrogens with zero attached hydrogens (tertiary/aromatic N) is 1. The molecule has 1 heterocycles. The highest BCUT2D eigenvalue weighted by molar-refractivity contribution is 5.94. The first-order valence-electron chi connectivity index (χ1n) is 6.73. The maximum Gasteiger partial charge on any atom is 0.254 e. The summed E-state index contributed by atoms with van der Waals surface area (Å²) >= 11 is 0. The van der Waals surface area contributed by atoms with Crippen molar-refractivity contribution in [2.45, 2.75) is 32.2 Å². The molecule has 19 heavy (non-hydrogen) atoms. The summed E-state index contributed by atoms with van der Waals surface area (Å²) in [6.45, 7) is 2.82. The largest absolute Gasteiger partial charge is 0.384 e. The van der Waals surface area contributed by atoms with Crippen LogP contribution in [0.25, 0.3) is 0 Å². The molecule has 1 unspecified atom stereocenters. The van der Waals surface area contributed by atoms with Crippen molar-refractivity contribution in [1.29, 1.82) is 0 Å². The van der Waals surface area contributed by atoms with E-state index in [1.807, 2.05) is 29.2 Å². The van der Waals surface area contributed by atoms with Gasteiger partial charge in [0.1, 0.15) is 6.61 Å². The van der Waals surface area contributed by atoms with E-state index in [4.69, 9.17) is 5.11 Å². The summed E-state index contributed by atoms with van der Waals surface area (Å²) in [6.07, 6.45) is 3.39. The van der Waals surface area contributed by atoms with Crippen LogP contribution in [0.4, 0.5) is 0 Å². The van der Waals surface area contributed by atoms with Crippen LogP contribution in [0.3, 0.4) is 0 Å². The first-order valence-corrected chi connectivity index (χ1v) is 6.73. The van der Waals surface area contributed by atoms with Crippen LogP contribution in [0.15, 0.2) is 24.3 Å². The topological polar surface area (TPSA) is 40.5 Å². The SMILES string of the molecule is CC1CCCCN1C(=O)c1ccc(C#CCO)cc1. The van der Waals surface area contributed by atoms with Gasteiger partial charge in [-0.1, -0.05) is 11.8 Å². The molecule has 3 nitrogen and oxygen atoms in total. The number of aliphatic hydroxyl groups is 1. The quantitative estimate of drug-likeness (QED) is 0.782. The minimum absolute atomic E-state index is 0.105. The summed E-state index contributed by atoms with van der Waals surface area (Å²) < 4.78 is 0. The Morgan fingerprint density at radius 2 is 2.11 bits per heavy atom. The summed E-state index contributed by atoms with van der Waals surface area (Å²) in [4.78, 5) is 14.3. The van der Waals surface area contributed by atoms with Crippen molar-refractivity contribution >= 4 is 5.91 Å². The predicted molar refractivity (Wildman–Crippen MR) is 74.8 cm³/mol. The van der Waals surface area contributed by atoms with E-state index >= 15 is 0 Å². The number of carbonyl (C=O) groups is 1. The van der Waals surface area contributed by atoms with Crippen LogP contribution in [0, 0.1) is 11.8 Å². The van der Waals surface area contributed by atoms with Gasteiger partial charge in [0.2, 0.25) is 0 Å². The second-order valence-corrected chi connectivity index (χ2v) is 4.88. The Kier molecular flexibility index (Phi) is 4.59. The van der Waals surface area contributed by atoms with E-state index in [1.165, 1.54) is 6.42 Å². The van der Waals surface area contributed by atoms with Crippen LogP contribution in [0.2, 0.25) is 0 Å². The fourth-order valence-corrected chi connectivity index (χ4v) is 2.40. The molecule has 2 rings (SSSR count). The molecule has 1 aliphatic heterocycles. The van der Waals surface area contributed by atoms with Gasteiger partial charge in [0.25, 0.3) is 5.91 Å². The summed E-state index contributed by atoms with van der Waals surface area (Å²) in [7, 11) is 0. The van der Waals surface area contributed by atoms with Crippen molar-refractivity contribution in [3.63, 3.8) is 0 Å². The number of aliphatic hydroxyl groups excluding tert-OH is 1. The normalized spacial score (nSPS) is 18.6. The van der Waals surface area contributed by atoms with Crippen LogP contribution in [-0.2, 0) is 0 Å². The van der Waals surface area contributed by atoms with E-state index in [-0.39, 0.29) is 12.5 Å². The highest BCUT2D eigenvalue weighted by atomic mass is 16.2. The second kappa shape index (κ2) is 6.40. The Balaban J connectivity index is 2.10. The summed E-state index contributed by atoms with van der Waals surface area (Å²) in [6, 6.07) is 7.60. The molecule has 1 aliphatic rings. The third-order valence-electron chi connectivity index (χ3n) is 3.51. The number of hydrogen-bond acceptors (Lipinski definition) is 2. The summed E-state index contributed by atoms with van der Waals surface area (Å²) in [5.41, 5.74) is 1.53. The van der Waals surface area contributed by atoms with Crippen molar-refractivity contribution in [2.24, 2.45) is 0 Å². The lowest BCUT2D eigenvalue weighted by atomic mass is 10.0. The van der Waals surface area contributed by atoms with E-state index in [0.29, 0.717) is 11.6 Å². The van der Waals surface area contributed by atoms with E-state index in [9.17, 15) is 4.79 Å². The van der Waals surface area contributed by atoms with Gasteiger partial charge in [-0.25, -0.2) is 0 Å². The smallest absolute Gasteiger partial charge is 0.254 e. The molecule has 0 aromatic heterocycles. The van der Waals surface area contributed by atoms with Gasteiger partial charge in [0.05, 0.1) is 0 Å². The lowest BCUT2D eigenvalue weighted by molar-refractivity contribution is 0.0635. The minimum Gasteiger partial charge on any atom is -0.384 e. The summed E-state index contributed by atoms with van der Waals surface area (Å²) in [5, 5.41) is 8.64. The average Bonchev–Trinajstić information content (AvgIpc) is 2.45.